The summed E-state index contributed by atoms with van der Waals surface area (Å²) in [6.07, 6.45) is -1.49. The van der Waals surface area contributed by atoms with E-state index in [0.29, 0.717) is 11.3 Å². The number of amides is 2. The molecule has 2 amide bonds. The Morgan fingerprint density at radius 3 is 2.44 bits per heavy atom. The number of hydrogen-bond acceptors (Lipinski definition) is 3. The zero-order chi connectivity index (χ0) is 18.3. The first-order valence-corrected chi connectivity index (χ1v) is 8.15. The van der Waals surface area contributed by atoms with Crippen LogP contribution in [0.5, 0.6) is 0 Å². The molecule has 0 atom stereocenters. The Bertz CT molecular complexity index is 738. The smallest absolute Gasteiger partial charge is 0.347 e. The number of benzene rings is 1. The topological polar surface area (TPSA) is 58.2 Å². The van der Waals surface area contributed by atoms with Gasteiger partial charge in [0.25, 0.3) is 0 Å². The average molecular weight is 368 g/mol. The predicted molar refractivity (Wildman–Crippen MR) is 91.2 cm³/mol. The molecule has 2 aromatic rings. The van der Waals surface area contributed by atoms with E-state index in [1.54, 1.807) is 35.7 Å². The summed E-state index contributed by atoms with van der Waals surface area (Å²) in [6, 6.07) is 10.1. The Balaban J connectivity index is 1.83. The average Bonchev–Trinajstić information content (AvgIpc) is 3.06. The van der Waals surface area contributed by atoms with Crippen LogP contribution in [-0.4, -0.2) is 24.5 Å². The van der Waals surface area contributed by atoms with Gasteiger partial charge in [-0.3, -0.25) is 9.59 Å². The fourth-order valence-electron chi connectivity index (χ4n) is 1.88. The number of nitrogens with one attached hydrogen (secondary N) is 2. The van der Waals surface area contributed by atoms with E-state index >= 15 is 0 Å². The van der Waals surface area contributed by atoms with Crippen molar-refractivity contribution in [2.45, 2.75) is 12.6 Å². The van der Waals surface area contributed by atoms with Gasteiger partial charge in [-0.25, -0.2) is 0 Å². The second-order valence-corrected chi connectivity index (χ2v) is 6.08. The zero-order valence-corrected chi connectivity index (χ0v) is 13.8. The highest BCUT2D eigenvalue weighted by molar-refractivity contribution is 7.10. The Morgan fingerprint density at radius 1 is 1.12 bits per heavy atom. The molecule has 132 valence electrons. The van der Waals surface area contributed by atoms with Crippen LogP contribution in [0, 0.1) is 0 Å². The Labute approximate surface area is 146 Å². The first-order valence-electron chi connectivity index (χ1n) is 7.27. The van der Waals surface area contributed by atoms with E-state index in [9.17, 15) is 22.8 Å². The fraction of sp³-hybridized carbons (Fsp3) is 0.176. The highest BCUT2D eigenvalue weighted by Crippen LogP contribution is 2.14. The van der Waals surface area contributed by atoms with E-state index in [1.807, 2.05) is 17.5 Å². The summed E-state index contributed by atoms with van der Waals surface area (Å²) < 4.78 is 36.1. The molecule has 2 rings (SSSR count). The molecule has 0 spiro atoms. The number of thiophene rings is 1. The van der Waals surface area contributed by atoms with Crippen LogP contribution in [0.2, 0.25) is 0 Å². The molecule has 0 saturated heterocycles. The molecule has 0 radical (unpaired) electrons. The molecule has 0 aliphatic carbocycles. The lowest BCUT2D eigenvalue weighted by atomic mass is 10.1. The number of rotatable bonds is 6. The molecule has 1 aromatic heterocycles. The molecule has 2 N–H and O–H groups in total. The van der Waals surface area contributed by atoms with Gasteiger partial charge in [-0.05, 0) is 35.2 Å². The van der Waals surface area contributed by atoms with E-state index in [1.165, 1.54) is 17.4 Å². The maximum atomic E-state index is 12.0. The van der Waals surface area contributed by atoms with Crippen molar-refractivity contribution in [1.29, 1.82) is 0 Å². The first-order chi connectivity index (χ1) is 11.8. The van der Waals surface area contributed by atoms with Gasteiger partial charge in [0.15, 0.2) is 0 Å². The third-order valence-electron chi connectivity index (χ3n) is 3.01. The van der Waals surface area contributed by atoms with Crippen molar-refractivity contribution in [3.8, 4) is 0 Å². The van der Waals surface area contributed by atoms with E-state index in [2.05, 4.69) is 5.32 Å². The number of alkyl halides is 3. The van der Waals surface area contributed by atoms with Gasteiger partial charge in [0.1, 0.15) is 6.54 Å². The van der Waals surface area contributed by atoms with Crippen molar-refractivity contribution in [3.05, 3.63) is 58.3 Å². The zero-order valence-electron chi connectivity index (χ0n) is 13.0. The van der Waals surface area contributed by atoms with Crippen molar-refractivity contribution >= 4 is 34.9 Å². The number of anilines is 1. The van der Waals surface area contributed by atoms with Crippen molar-refractivity contribution in [2.24, 2.45) is 0 Å². The minimum Gasteiger partial charge on any atom is -0.347 e. The van der Waals surface area contributed by atoms with E-state index in [0.717, 1.165) is 4.88 Å². The molecule has 0 unspecified atom stereocenters. The van der Waals surface area contributed by atoms with Crippen LogP contribution in [0.15, 0.2) is 47.9 Å². The summed E-state index contributed by atoms with van der Waals surface area (Å²) in [7, 11) is 0. The summed E-state index contributed by atoms with van der Waals surface area (Å²) in [5.74, 6) is -1.02. The minimum absolute atomic E-state index is 0.164. The van der Waals surface area contributed by atoms with E-state index < -0.39 is 18.6 Å². The molecule has 8 heteroatoms. The third-order valence-corrected chi connectivity index (χ3v) is 3.85. The van der Waals surface area contributed by atoms with Crippen LogP contribution in [0.3, 0.4) is 0 Å². The monoisotopic (exact) mass is 368 g/mol. The second-order valence-electron chi connectivity index (χ2n) is 5.10. The van der Waals surface area contributed by atoms with Crippen LogP contribution in [0.4, 0.5) is 18.9 Å². The quantitative estimate of drug-likeness (QED) is 0.765. The molecular weight excluding hydrogens is 353 g/mol. The molecule has 1 heterocycles. The van der Waals surface area contributed by atoms with Gasteiger partial charge in [0.05, 0.1) is 6.42 Å². The molecule has 4 nitrogen and oxygen atoms in total. The number of halogens is 3. The maximum absolute atomic E-state index is 12.0. The van der Waals surface area contributed by atoms with Gasteiger partial charge >= 0.3 is 6.18 Å². The van der Waals surface area contributed by atoms with Crippen molar-refractivity contribution < 1.29 is 22.8 Å². The van der Waals surface area contributed by atoms with Gasteiger partial charge in [-0.15, -0.1) is 11.3 Å². The highest BCUT2D eigenvalue weighted by atomic mass is 32.1. The molecule has 0 fully saturated rings. The third kappa shape index (κ3) is 7.21. The summed E-state index contributed by atoms with van der Waals surface area (Å²) in [4.78, 5) is 24.2. The largest absolute Gasteiger partial charge is 0.405 e. The molecule has 0 aliphatic rings. The number of carbonyl (C=O) groups is 2. The fourth-order valence-corrected chi connectivity index (χ4v) is 2.50. The van der Waals surface area contributed by atoms with Crippen LogP contribution in [0.1, 0.15) is 10.4 Å². The first kappa shape index (κ1) is 18.7. The second kappa shape index (κ2) is 8.48. The summed E-state index contributed by atoms with van der Waals surface area (Å²) in [6.45, 7) is -1.35. The molecular formula is C17H15F3N2O2S. The summed E-state index contributed by atoms with van der Waals surface area (Å²) >= 11 is 1.51. The van der Waals surface area contributed by atoms with Crippen LogP contribution in [-0.2, 0) is 16.0 Å². The van der Waals surface area contributed by atoms with Gasteiger partial charge in [-0.1, -0.05) is 18.2 Å². The van der Waals surface area contributed by atoms with Gasteiger partial charge in [-0.2, -0.15) is 13.2 Å². The van der Waals surface area contributed by atoms with Crippen LogP contribution in [0.25, 0.3) is 6.08 Å². The lowest BCUT2D eigenvalue weighted by Gasteiger charge is -2.08. The summed E-state index contributed by atoms with van der Waals surface area (Å²) in [5, 5.41) is 6.37. The van der Waals surface area contributed by atoms with Crippen molar-refractivity contribution in [2.75, 3.05) is 11.9 Å². The SMILES string of the molecule is O=C(/C=C/c1cccs1)Nc1ccc(CC(=O)NCC(F)(F)F)cc1. The van der Waals surface area contributed by atoms with Gasteiger partial charge in [0.2, 0.25) is 11.8 Å². The molecule has 0 bridgehead atoms. The number of hydrogen-bond donors (Lipinski definition) is 2. The highest BCUT2D eigenvalue weighted by Gasteiger charge is 2.27. The Morgan fingerprint density at radius 2 is 1.84 bits per heavy atom. The lowest BCUT2D eigenvalue weighted by molar-refractivity contribution is -0.138. The standard InChI is InChI=1S/C17H15F3N2O2S/c18-17(19,20)11-21-16(24)10-12-3-5-13(6-4-12)22-15(23)8-7-14-2-1-9-25-14/h1-9H,10-11H2,(H,21,24)(H,22,23)/b8-7+. The predicted octanol–water partition coefficient (Wildman–Crippen LogP) is 3.62. The summed E-state index contributed by atoms with van der Waals surface area (Å²) in [5.41, 5.74) is 1.08. The Hall–Kier alpha value is -2.61. The lowest BCUT2D eigenvalue weighted by Crippen LogP contribution is -2.34. The minimum atomic E-state index is -4.43. The van der Waals surface area contributed by atoms with E-state index in [-0.39, 0.29) is 12.3 Å². The van der Waals surface area contributed by atoms with E-state index in [4.69, 9.17) is 0 Å². The molecule has 25 heavy (non-hydrogen) atoms. The van der Waals surface area contributed by atoms with Crippen molar-refractivity contribution in [1.82, 2.24) is 5.32 Å². The van der Waals surface area contributed by atoms with Crippen LogP contribution >= 0.6 is 11.3 Å². The van der Waals surface area contributed by atoms with Gasteiger partial charge in [0, 0.05) is 16.6 Å². The van der Waals surface area contributed by atoms with Crippen LogP contribution < -0.4 is 10.6 Å². The normalized spacial score (nSPS) is 11.5. The molecule has 0 aliphatic heterocycles. The number of carbonyl (C=O) groups excluding carboxylic acids is 2. The molecule has 0 saturated carbocycles. The van der Waals surface area contributed by atoms with Gasteiger partial charge < -0.3 is 10.6 Å². The van der Waals surface area contributed by atoms with Crippen molar-refractivity contribution in [3.63, 3.8) is 0 Å². The Kier molecular flexibility index (Phi) is 6.35. The maximum Gasteiger partial charge on any atom is 0.405 e. The molecule has 1 aromatic carbocycles.